The first-order valence-corrected chi connectivity index (χ1v) is 18.7. The Balaban J connectivity index is 0.997. The van der Waals surface area contributed by atoms with Crippen LogP contribution in [0.2, 0.25) is 0 Å². The van der Waals surface area contributed by atoms with E-state index >= 15 is 0 Å². The Morgan fingerprint density at radius 2 is 1.18 bits per heavy atom. The smallest absolute Gasteiger partial charge is 0.135 e. The summed E-state index contributed by atoms with van der Waals surface area (Å²) in [6.45, 7) is 0. The minimum absolute atomic E-state index is 0.346. The van der Waals surface area contributed by atoms with E-state index in [1.807, 2.05) is 77.4 Å². The highest BCUT2D eigenvalue weighted by Gasteiger charge is 2.18. The second-order valence-electron chi connectivity index (χ2n) is 12.9. The van der Waals surface area contributed by atoms with E-state index in [1.54, 1.807) is 0 Å². The van der Waals surface area contributed by atoms with Crippen LogP contribution in [0.25, 0.3) is 73.4 Å². The fraction of sp³-hybridized carbons (Fsp3) is 0.0444. The number of hydrogen-bond donors (Lipinski definition) is 2. The number of thiophene rings is 2. The summed E-state index contributed by atoms with van der Waals surface area (Å²) in [7, 11) is 0. The molecule has 244 valence electrons. The van der Waals surface area contributed by atoms with Gasteiger partial charge < -0.3 is 10.2 Å². The number of hydrogen-bond acceptors (Lipinski definition) is 6. The quantitative estimate of drug-likeness (QED) is 0.129. The molecule has 0 spiro atoms. The molecule has 0 amide bonds. The van der Waals surface area contributed by atoms with Gasteiger partial charge in [0, 0.05) is 68.5 Å². The topological polar surface area (TPSA) is 63.5 Å². The number of nitrogens with zero attached hydrogens (tertiary/aromatic N) is 1. The summed E-state index contributed by atoms with van der Waals surface area (Å²) in [4.78, 5) is 5.05. The fourth-order valence-electron chi connectivity index (χ4n) is 7.29. The van der Waals surface area contributed by atoms with Crippen molar-refractivity contribution in [2.24, 2.45) is 10.7 Å². The number of nitrogens with one attached hydrogen (secondary N) is 1. The van der Waals surface area contributed by atoms with Gasteiger partial charge in [-0.15, -0.1) is 22.7 Å². The van der Waals surface area contributed by atoms with E-state index in [2.05, 4.69) is 108 Å². The van der Waals surface area contributed by atoms with Crippen LogP contribution in [0, 0.1) is 0 Å². The zero-order chi connectivity index (χ0) is 33.9. The van der Waals surface area contributed by atoms with Crippen molar-refractivity contribution in [2.45, 2.75) is 12.3 Å². The minimum Gasteiger partial charge on any atom is -0.456 e. The van der Waals surface area contributed by atoms with E-state index in [1.165, 1.54) is 51.5 Å². The van der Waals surface area contributed by atoms with Crippen molar-refractivity contribution in [1.29, 1.82) is 0 Å². The van der Waals surface area contributed by atoms with Crippen molar-refractivity contribution in [3.05, 3.63) is 168 Å². The number of aliphatic imine (C=N–C) groups is 1. The average Bonchev–Trinajstić information content (AvgIpc) is 3.87. The molecule has 3 heterocycles. The Labute approximate surface area is 302 Å². The summed E-state index contributed by atoms with van der Waals surface area (Å²) in [5.74, 6) is 0. The number of benzene rings is 7. The first kappa shape index (κ1) is 30.2. The molecule has 7 aromatic carbocycles. The summed E-state index contributed by atoms with van der Waals surface area (Å²) in [6, 6.07) is 53.3. The molecule has 0 aliphatic heterocycles. The van der Waals surface area contributed by atoms with Gasteiger partial charge in [0.25, 0.3) is 0 Å². The van der Waals surface area contributed by atoms with Crippen molar-refractivity contribution in [2.75, 3.05) is 0 Å². The molecule has 10 rings (SSSR count). The highest BCUT2D eigenvalue weighted by atomic mass is 32.1. The van der Waals surface area contributed by atoms with Gasteiger partial charge in [-0.05, 0) is 59.2 Å². The van der Waals surface area contributed by atoms with Crippen molar-refractivity contribution in [3.63, 3.8) is 0 Å². The van der Waals surface area contributed by atoms with E-state index in [9.17, 15) is 0 Å². The fourth-order valence-corrected chi connectivity index (χ4v) is 9.73. The van der Waals surface area contributed by atoms with E-state index in [-0.39, 0.29) is 6.17 Å². The predicted octanol–water partition coefficient (Wildman–Crippen LogP) is 12.4. The van der Waals surface area contributed by atoms with Gasteiger partial charge in [0.2, 0.25) is 0 Å². The molecule has 4 nitrogen and oxygen atoms in total. The molecule has 0 saturated carbocycles. The normalized spacial score (nSPS) is 13.4. The second-order valence-corrected chi connectivity index (χ2v) is 15.0. The molecule has 2 atom stereocenters. The average molecular weight is 694 g/mol. The lowest BCUT2D eigenvalue weighted by Crippen LogP contribution is -2.31. The molecule has 0 aliphatic carbocycles. The van der Waals surface area contributed by atoms with Crippen LogP contribution in [-0.2, 0) is 0 Å². The molecule has 0 fully saturated rings. The van der Waals surface area contributed by atoms with Gasteiger partial charge in [0.1, 0.15) is 17.3 Å². The monoisotopic (exact) mass is 693 g/mol. The molecule has 0 aliphatic rings. The van der Waals surface area contributed by atoms with Crippen LogP contribution < -0.4 is 11.1 Å². The molecular weight excluding hydrogens is 663 g/mol. The Hall–Kier alpha value is -5.63. The van der Waals surface area contributed by atoms with Crippen molar-refractivity contribution in [1.82, 2.24) is 5.32 Å². The van der Waals surface area contributed by atoms with Gasteiger partial charge in [0.15, 0.2) is 0 Å². The lowest BCUT2D eigenvalue weighted by molar-refractivity contribution is 0.467. The number of para-hydroxylation sites is 1. The van der Waals surface area contributed by atoms with Crippen molar-refractivity contribution >= 4 is 91.2 Å². The maximum Gasteiger partial charge on any atom is 0.135 e. The third-order valence-corrected chi connectivity index (χ3v) is 12.2. The molecule has 3 aromatic heterocycles. The zero-order valence-corrected chi connectivity index (χ0v) is 29.0. The summed E-state index contributed by atoms with van der Waals surface area (Å²) < 4.78 is 11.2. The summed E-state index contributed by atoms with van der Waals surface area (Å²) in [5.41, 5.74) is 14.3. The summed E-state index contributed by atoms with van der Waals surface area (Å²) >= 11 is 3.73. The Kier molecular flexibility index (Phi) is 7.29. The first-order valence-electron chi connectivity index (χ1n) is 17.0. The second kappa shape index (κ2) is 12.3. The first-order chi connectivity index (χ1) is 25.2. The van der Waals surface area contributed by atoms with Crippen molar-refractivity contribution < 1.29 is 4.42 Å². The van der Waals surface area contributed by atoms with Crippen LogP contribution in [0.5, 0.6) is 0 Å². The summed E-state index contributed by atoms with van der Waals surface area (Å²) in [5, 5.41) is 10.9. The van der Waals surface area contributed by atoms with Gasteiger partial charge in [-0.1, -0.05) is 109 Å². The number of fused-ring (bicyclic) bond motifs is 9. The van der Waals surface area contributed by atoms with Crippen LogP contribution in [-0.4, -0.2) is 6.21 Å². The molecule has 6 heteroatoms. The Morgan fingerprint density at radius 1 is 0.529 bits per heavy atom. The largest absolute Gasteiger partial charge is 0.456 e. The number of furan rings is 1. The van der Waals surface area contributed by atoms with Crippen LogP contribution in [0.1, 0.15) is 29.0 Å². The van der Waals surface area contributed by atoms with Crippen molar-refractivity contribution in [3.8, 4) is 11.1 Å². The molecule has 51 heavy (non-hydrogen) atoms. The molecule has 3 N–H and O–H groups in total. The third-order valence-electron chi connectivity index (χ3n) is 9.80. The molecule has 0 bridgehead atoms. The molecule has 10 aromatic rings. The highest BCUT2D eigenvalue weighted by molar-refractivity contribution is 7.27. The third kappa shape index (κ3) is 5.23. The minimum atomic E-state index is -0.442. The number of rotatable bonds is 7. The van der Waals surface area contributed by atoms with Gasteiger partial charge in [0.05, 0.1) is 6.17 Å². The molecule has 0 radical (unpaired) electrons. The highest BCUT2D eigenvalue weighted by Crippen LogP contribution is 2.45. The van der Waals surface area contributed by atoms with Crippen LogP contribution >= 0.6 is 22.7 Å². The lowest BCUT2D eigenvalue weighted by Gasteiger charge is -2.21. The summed E-state index contributed by atoms with van der Waals surface area (Å²) in [6.07, 6.45) is 1.14. The van der Waals surface area contributed by atoms with Gasteiger partial charge in [-0.3, -0.25) is 10.3 Å². The molecule has 0 saturated heterocycles. The van der Waals surface area contributed by atoms with E-state index in [0.717, 1.165) is 38.6 Å². The zero-order valence-electron chi connectivity index (χ0n) is 27.4. The molecule has 2 unspecified atom stereocenters. The van der Waals surface area contributed by atoms with E-state index in [4.69, 9.17) is 15.1 Å². The predicted molar refractivity (Wildman–Crippen MR) is 218 cm³/mol. The van der Waals surface area contributed by atoms with Crippen LogP contribution in [0.3, 0.4) is 0 Å². The van der Waals surface area contributed by atoms with Crippen LogP contribution in [0.4, 0.5) is 0 Å². The standard InChI is InChI=1S/C45H31N3OS2/c46-44(48-45(28-10-2-1-3-11-28)47-26-27-20-22-39-36(24-27)30-12-4-6-18-38(30)49-39)29-21-23-41-37(25-29)35-17-9-16-34(43(35)51-41)33-15-8-14-32-31-13-5-7-19-40(31)50-42(32)33/h1-26,44-45,48H,46H2/b47-26+. The number of nitrogens with two attached hydrogens (primary N) is 1. The SMILES string of the molecule is NC(NC(/N=C/c1ccc2oc3ccccc3c2c1)c1ccccc1)c1ccc2sc3c(-c4cccc5c4sc4ccccc45)cccc3c2c1. The van der Waals surface area contributed by atoms with Crippen LogP contribution in [0.15, 0.2) is 161 Å². The van der Waals surface area contributed by atoms with E-state index < -0.39 is 6.17 Å². The lowest BCUT2D eigenvalue weighted by atomic mass is 10.00. The Bertz CT molecular complexity index is 2940. The van der Waals surface area contributed by atoms with Gasteiger partial charge >= 0.3 is 0 Å². The maximum absolute atomic E-state index is 6.96. The molecular formula is C45H31N3OS2. The Morgan fingerprint density at radius 3 is 1.98 bits per heavy atom. The maximum atomic E-state index is 6.96. The van der Waals surface area contributed by atoms with Gasteiger partial charge in [-0.2, -0.15) is 0 Å². The van der Waals surface area contributed by atoms with E-state index in [0.29, 0.717) is 0 Å². The van der Waals surface area contributed by atoms with Gasteiger partial charge in [-0.25, -0.2) is 0 Å².